The van der Waals surface area contributed by atoms with E-state index in [9.17, 15) is 13.2 Å². The maximum atomic E-state index is 11.8. The van der Waals surface area contributed by atoms with Gasteiger partial charge in [0, 0.05) is 5.56 Å². The Labute approximate surface area is 102 Å². The maximum absolute atomic E-state index is 11.8. The Morgan fingerprint density at radius 2 is 1.89 bits per heavy atom. The molecular weight excluding hydrogens is 258 g/mol. The Morgan fingerprint density at radius 1 is 1.22 bits per heavy atom. The van der Waals surface area contributed by atoms with Gasteiger partial charge in [-0.25, -0.2) is 13.0 Å². The summed E-state index contributed by atoms with van der Waals surface area (Å²) >= 11 is 0. The van der Waals surface area contributed by atoms with E-state index in [0.717, 1.165) is 0 Å². The molecule has 18 heavy (non-hydrogen) atoms. The van der Waals surface area contributed by atoms with Crippen molar-refractivity contribution in [1.29, 1.82) is 0 Å². The van der Waals surface area contributed by atoms with E-state index in [2.05, 4.69) is 14.9 Å². The molecule has 0 bridgehead atoms. The van der Waals surface area contributed by atoms with E-state index < -0.39 is 21.5 Å². The van der Waals surface area contributed by atoms with Crippen molar-refractivity contribution in [1.82, 2.24) is 10.3 Å². The Bertz CT molecular complexity index is 663. The Kier molecular flexibility index (Phi) is 3.11. The third-order valence-electron chi connectivity index (χ3n) is 2.13. The van der Waals surface area contributed by atoms with Crippen molar-refractivity contribution in [3.05, 3.63) is 30.3 Å². The molecule has 0 saturated carbocycles. The fraction of sp³-hybridized carbons (Fsp3) is 0.100. The standard InChI is InChI=1S/C10H9N3O4S/c11-8(14)6-18(15,16)10-9(12-17-13-10)7-4-2-1-3-5-7/h1-5H,6H2,(H2,11,14). The molecule has 0 aliphatic heterocycles. The fourth-order valence-corrected chi connectivity index (χ4v) is 2.52. The topological polar surface area (TPSA) is 116 Å². The monoisotopic (exact) mass is 267 g/mol. The minimum Gasteiger partial charge on any atom is -0.369 e. The van der Waals surface area contributed by atoms with Crippen LogP contribution in [0.2, 0.25) is 0 Å². The van der Waals surface area contributed by atoms with Gasteiger partial charge >= 0.3 is 0 Å². The summed E-state index contributed by atoms with van der Waals surface area (Å²) < 4.78 is 28.1. The second-order valence-electron chi connectivity index (χ2n) is 3.51. The SMILES string of the molecule is NC(=O)CS(=O)(=O)c1nonc1-c1ccccc1. The Hall–Kier alpha value is -2.22. The molecule has 0 radical (unpaired) electrons. The molecule has 2 rings (SSSR count). The van der Waals surface area contributed by atoms with Gasteiger partial charge in [-0.05, 0) is 10.3 Å². The lowest BCUT2D eigenvalue weighted by Crippen LogP contribution is -2.23. The number of hydrogen-bond donors (Lipinski definition) is 1. The second kappa shape index (κ2) is 4.57. The van der Waals surface area contributed by atoms with E-state index in [1.165, 1.54) is 0 Å². The number of carbonyl (C=O) groups is 1. The number of sulfone groups is 1. The largest absolute Gasteiger partial charge is 0.369 e. The molecule has 1 heterocycles. The second-order valence-corrected chi connectivity index (χ2v) is 5.41. The zero-order valence-corrected chi connectivity index (χ0v) is 9.92. The van der Waals surface area contributed by atoms with Gasteiger partial charge in [0.25, 0.3) is 0 Å². The predicted molar refractivity (Wildman–Crippen MR) is 61.0 cm³/mol. The lowest BCUT2D eigenvalue weighted by Gasteiger charge is -1.99. The zero-order chi connectivity index (χ0) is 13.2. The maximum Gasteiger partial charge on any atom is 0.233 e. The fourth-order valence-electron chi connectivity index (χ4n) is 1.41. The molecule has 0 fully saturated rings. The number of hydrogen-bond acceptors (Lipinski definition) is 6. The molecule has 2 aromatic rings. The lowest BCUT2D eigenvalue weighted by molar-refractivity contribution is -0.115. The Morgan fingerprint density at radius 3 is 2.50 bits per heavy atom. The number of primary amides is 1. The molecule has 94 valence electrons. The number of rotatable bonds is 4. The van der Waals surface area contributed by atoms with Crippen LogP contribution < -0.4 is 5.73 Å². The first-order chi connectivity index (χ1) is 8.50. The van der Waals surface area contributed by atoms with Gasteiger partial charge in [0.15, 0.2) is 5.69 Å². The van der Waals surface area contributed by atoms with Crippen LogP contribution in [-0.2, 0) is 14.6 Å². The summed E-state index contributed by atoms with van der Waals surface area (Å²) in [5, 5.41) is 6.50. The highest BCUT2D eigenvalue weighted by Crippen LogP contribution is 2.24. The van der Waals surface area contributed by atoms with Gasteiger partial charge in [-0.2, -0.15) is 0 Å². The minimum atomic E-state index is -3.94. The first kappa shape index (κ1) is 12.2. The van der Waals surface area contributed by atoms with Gasteiger partial charge in [-0.1, -0.05) is 30.3 Å². The average Bonchev–Trinajstić information content (AvgIpc) is 2.78. The molecule has 0 atom stereocenters. The van der Waals surface area contributed by atoms with Gasteiger partial charge in [0.1, 0.15) is 5.75 Å². The summed E-state index contributed by atoms with van der Waals surface area (Å²) in [6.07, 6.45) is 0. The van der Waals surface area contributed by atoms with Crippen LogP contribution in [0.5, 0.6) is 0 Å². The highest BCUT2D eigenvalue weighted by molar-refractivity contribution is 7.92. The van der Waals surface area contributed by atoms with E-state index in [1.54, 1.807) is 30.3 Å². The molecule has 1 aromatic carbocycles. The summed E-state index contributed by atoms with van der Waals surface area (Å²) in [7, 11) is -3.94. The van der Waals surface area contributed by atoms with E-state index in [4.69, 9.17) is 5.73 Å². The van der Waals surface area contributed by atoms with Crippen molar-refractivity contribution < 1.29 is 17.8 Å². The first-order valence-corrected chi connectivity index (χ1v) is 6.55. The summed E-state index contributed by atoms with van der Waals surface area (Å²) in [4.78, 5) is 10.7. The van der Waals surface area contributed by atoms with Gasteiger partial charge in [0.2, 0.25) is 20.8 Å². The van der Waals surface area contributed by atoms with Crippen molar-refractivity contribution in [3.63, 3.8) is 0 Å². The quantitative estimate of drug-likeness (QED) is 0.833. The molecule has 7 nitrogen and oxygen atoms in total. The summed E-state index contributed by atoms with van der Waals surface area (Å²) in [6, 6.07) is 8.52. The number of amides is 1. The molecule has 0 aliphatic rings. The van der Waals surface area contributed by atoms with E-state index >= 15 is 0 Å². The van der Waals surface area contributed by atoms with Crippen molar-refractivity contribution in [3.8, 4) is 11.3 Å². The molecule has 0 saturated heterocycles. The molecule has 8 heteroatoms. The van der Waals surface area contributed by atoms with E-state index in [0.29, 0.717) is 5.56 Å². The molecule has 0 spiro atoms. The van der Waals surface area contributed by atoms with Crippen LogP contribution in [0.25, 0.3) is 11.3 Å². The molecular formula is C10H9N3O4S. The lowest BCUT2D eigenvalue weighted by atomic mass is 10.2. The van der Waals surface area contributed by atoms with Crippen LogP contribution in [0.1, 0.15) is 0 Å². The van der Waals surface area contributed by atoms with Crippen molar-refractivity contribution in [2.75, 3.05) is 5.75 Å². The van der Waals surface area contributed by atoms with Gasteiger partial charge in [-0.3, -0.25) is 4.79 Å². The molecule has 0 unspecified atom stereocenters. The number of nitrogens with zero attached hydrogens (tertiary/aromatic N) is 2. The minimum absolute atomic E-state index is 0.0665. The van der Waals surface area contributed by atoms with Crippen LogP contribution >= 0.6 is 0 Å². The summed E-state index contributed by atoms with van der Waals surface area (Å²) in [5.74, 6) is -1.79. The van der Waals surface area contributed by atoms with Crippen molar-refractivity contribution in [2.24, 2.45) is 5.73 Å². The summed E-state index contributed by atoms with van der Waals surface area (Å²) in [6.45, 7) is 0. The molecule has 1 amide bonds. The van der Waals surface area contributed by atoms with Crippen LogP contribution in [0.15, 0.2) is 40.0 Å². The van der Waals surface area contributed by atoms with Crippen LogP contribution in [0.4, 0.5) is 0 Å². The smallest absolute Gasteiger partial charge is 0.233 e. The van der Waals surface area contributed by atoms with Gasteiger partial charge in [-0.15, -0.1) is 0 Å². The van der Waals surface area contributed by atoms with Crippen LogP contribution in [-0.4, -0.2) is 30.4 Å². The first-order valence-electron chi connectivity index (χ1n) is 4.90. The number of nitrogens with two attached hydrogens (primary N) is 1. The van der Waals surface area contributed by atoms with Crippen LogP contribution in [0.3, 0.4) is 0 Å². The number of aromatic nitrogens is 2. The summed E-state index contributed by atoms with van der Waals surface area (Å²) in [5.41, 5.74) is 5.47. The van der Waals surface area contributed by atoms with Crippen molar-refractivity contribution >= 4 is 15.7 Å². The predicted octanol–water partition coefficient (Wildman–Crippen LogP) is -0.00440. The van der Waals surface area contributed by atoms with Crippen molar-refractivity contribution in [2.45, 2.75) is 5.03 Å². The molecule has 1 aromatic heterocycles. The highest BCUT2D eigenvalue weighted by atomic mass is 32.2. The number of carbonyl (C=O) groups excluding carboxylic acids is 1. The third-order valence-corrected chi connectivity index (χ3v) is 3.65. The van der Waals surface area contributed by atoms with E-state index in [1.807, 2.05) is 0 Å². The molecule has 2 N–H and O–H groups in total. The van der Waals surface area contributed by atoms with Gasteiger partial charge < -0.3 is 5.73 Å². The average molecular weight is 267 g/mol. The third kappa shape index (κ3) is 2.38. The van der Waals surface area contributed by atoms with Gasteiger partial charge in [0.05, 0.1) is 0 Å². The molecule has 0 aliphatic carbocycles. The Balaban J connectivity index is 2.50. The number of benzene rings is 1. The highest BCUT2D eigenvalue weighted by Gasteiger charge is 2.27. The van der Waals surface area contributed by atoms with Crippen LogP contribution in [0, 0.1) is 0 Å². The van der Waals surface area contributed by atoms with E-state index in [-0.39, 0.29) is 10.7 Å². The normalized spacial score (nSPS) is 11.3. The zero-order valence-electron chi connectivity index (χ0n) is 9.11.